The van der Waals surface area contributed by atoms with Crippen LogP contribution in [0.25, 0.3) is 10.2 Å². The van der Waals surface area contributed by atoms with Gasteiger partial charge in [-0.05, 0) is 31.0 Å². The van der Waals surface area contributed by atoms with Crippen LogP contribution in [0.2, 0.25) is 0 Å². The van der Waals surface area contributed by atoms with Crippen LogP contribution < -0.4 is 17.2 Å². The van der Waals surface area contributed by atoms with Gasteiger partial charge in [0.05, 0.1) is 21.8 Å². The fraction of sp³-hybridized carbons (Fsp3) is 0.286. The van der Waals surface area contributed by atoms with Crippen molar-refractivity contribution in [2.24, 2.45) is 22.2 Å². The molecule has 1 aromatic heterocycles. The number of carboxylic acids is 1. The number of nitrogens with two attached hydrogens (primary N) is 3. The number of guanidine groups is 1. The van der Waals surface area contributed by atoms with Crippen molar-refractivity contribution in [3.63, 3.8) is 0 Å². The van der Waals surface area contributed by atoms with Crippen LogP contribution in [0.1, 0.15) is 33.0 Å². The van der Waals surface area contributed by atoms with Crippen LogP contribution in [0.5, 0.6) is 0 Å². The summed E-state index contributed by atoms with van der Waals surface area (Å²) in [7, 11) is 0. The minimum atomic E-state index is -1.02. The van der Waals surface area contributed by atoms with E-state index in [0.29, 0.717) is 29.6 Å². The van der Waals surface area contributed by atoms with Crippen molar-refractivity contribution in [2.75, 3.05) is 6.54 Å². The second kappa shape index (κ2) is 7.16. The van der Waals surface area contributed by atoms with E-state index in [-0.39, 0.29) is 22.3 Å². The monoisotopic (exact) mass is 335 g/mol. The van der Waals surface area contributed by atoms with Crippen LogP contribution in [0.15, 0.2) is 23.2 Å². The Labute approximate surface area is 136 Å². The van der Waals surface area contributed by atoms with E-state index in [1.807, 2.05) is 0 Å². The zero-order chi connectivity index (χ0) is 17.0. The Bertz CT molecular complexity index is 767. The summed E-state index contributed by atoms with van der Waals surface area (Å²) in [5.74, 6) is -1.29. The average Bonchev–Trinajstić information content (AvgIpc) is 2.93. The first-order chi connectivity index (χ1) is 10.9. The Kier molecular flexibility index (Phi) is 5.24. The zero-order valence-electron chi connectivity index (χ0n) is 12.2. The second-order valence-electron chi connectivity index (χ2n) is 4.93. The largest absolute Gasteiger partial charge is 0.478 e. The molecule has 2 aromatic rings. The molecule has 8 nitrogen and oxygen atoms in total. The van der Waals surface area contributed by atoms with Crippen LogP contribution in [-0.4, -0.2) is 40.4 Å². The number of fused-ring (bicyclic) bond motifs is 1. The number of Topliss-reactive ketones (excluding diaryl/α,β-unsaturated/α-hetero) is 1. The molecule has 7 N–H and O–H groups in total. The molecule has 1 atom stereocenters. The summed E-state index contributed by atoms with van der Waals surface area (Å²) in [4.78, 5) is 31.3. The molecule has 0 fully saturated rings. The van der Waals surface area contributed by atoms with E-state index in [2.05, 4.69) is 9.98 Å². The molecule has 1 aromatic carbocycles. The van der Waals surface area contributed by atoms with Gasteiger partial charge in [-0.3, -0.25) is 9.79 Å². The van der Waals surface area contributed by atoms with Gasteiger partial charge in [-0.15, -0.1) is 11.3 Å². The number of carbonyl (C=O) groups excluding carboxylic acids is 1. The maximum absolute atomic E-state index is 12.3. The predicted octanol–water partition coefficient (Wildman–Crippen LogP) is 0.558. The summed E-state index contributed by atoms with van der Waals surface area (Å²) < 4.78 is 0.640. The molecular formula is C14H17N5O3S. The van der Waals surface area contributed by atoms with Crippen LogP contribution in [0.3, 0.4) is 0 Å². The lowest BCUT2D eigenvalue weighted by atomic mass is 10.1. The van der Waals surface area contributed by atoms with E-state index in [1.165, 1.54) is 12.1 Å². The van der Waals surface area contributed by atoms with E-state index in [1.54, 1.807) is 6.07 Å². The van der Waals surface area contributed by atoms with Crippen molar-refractivity contribution in [3.8, 4) is 0 Å². The van der Waals surface area contributed by atoms with Gasteiger partial charge in [-0.25, -0.2) is 9.78 Å². The van der Waals surface area contributed by atoms with Gasteiger partial charge in [0.25, 0.3) is 0 Å². The molecule has 0 spiro atoms. The van der Waals surface area contributed by atoms with Crippen molar-refractivity contribution >= 4 is 39.3 Å². The Morgan fingerprint density at radius 1 is 1.35 bits per heavy atom. The third-order valence-corrected chi connectivity index (χ3v) is 4.18. The highest BCUT2D eigenvalue weighted by atomic mass is 32.1. The number of aromatic carboxylic acids is 1. The minimum Gasteiger partial charge on any atom is -0.478 e. The Morgan fingerprint density at radius 3 is 2.74 bits per heavy atom. The van der Waals surface area contributed by atoms with Gasteiger partial charge < -0.3 is 22.3 Å². The van der Waals surface area contributed by atoms with E-state index in [0.717, 1.165) is 11.3 Å². The molecule has 122 valence electrons. The van der Waals surface area contributed by atoms with Gasteiger partial charge in [0.15, 0.2) is 11.0 Å². The summed E-state index contributed by atoms with van der Waals surface area (Å²) in [5.41, 5.74) is 17.0. The summed E-state index contributed by atoms with van der Waals surface area (Å²) in [6, 6.07) is 3.84. The molecule has 2 rings (SSSR count). The smallest absolute Gasteiger partial charge is 0.335 e. The van der Waals surface area contributed by atoms with E-state index < -0.39 is 12.0 Å². The van der Waals surface area contributed by atoms with Crippen LogP contribution in [0.4, 0.5) is 0 Å². The highest BCUT2D eigenvalue weighted by molar-refractivity contribution is 7.20. The summed E-state index contributed by atoms with van der Waals surface area (Å²) in [5, 5.41) is 9.25. The lowest BCUT2D eigenvalue weighted by molar-refractivity contribution is 0.0697. The number of hydrogen-bond donors (Lipinski definition) is 4. The number of hydrogen-bond acceptors (Lipinski definition) is 6. The highest BCUT2D eigenvalue weighted by Crippen LogP contribution is 2.24. The number of carbonyl (C=O) groups is 2. The molecule has 0 saturated carbocycles. The molecular weight excluding hydrogens is 318 g/mol. The Morgan fingerprint density at radius 2 is 2.09 bits per heavy atom. The van der Waals surface area contributed by atoms with Crippen molar-refractivity contribution < 1.29 is 14.7 Å². The highest BCUT2D eigenvalue weighted by Gasteiger charge is 2.20. The number of rotatable bonds is 7. The molecule has 1 heterocycles. The van der Waals surface area contributed by atoms with Gasteiger partial charge in [0.1, 0.15) is 0 Å². The molecule has 0 radical (unpaired) electrons. The predicted molar refractivity (Wildman–Crippen MR) is 88.8 cm³/mol. The topological polar surface area (TPSA) is 158 Å². The first-order valence-electron chi connectivity index (χ1n) is 6.87. The molecule has 0 aliphatic rings. The fourth-order valence-electron chi connectivity index (χ4n) is 1.97. The van der Waals surface area contributed by atoms with Crippen LogP contribution >= 0.6 is 11.3 Å². The zero-order valence-corrected chi connectivity index (χ0v) is 13.0. The van der Waals surface area contributed by atoms with Crippen molar-refractivity contribution in [3.05, 3.63) is 28.8 Å². The standard InChI is InChI=1S/C14H17N5O3S/c15-8(2-1-5-18-14(16)17)11(20)12-19-9-4-3-7(13(21)22)6-10(9)23-12/h3-4,6,8H,1-2,5,15H2,(H,21,22)(H4,16,17,18)/t8-/m0/s1. The minimum absolute atomic E-state index is 0.00491. The molecule has 0 amide bonds. The molecule has 0 bridgehead atoms. The number of nitrogens with zero attached hydrogens (tertiary/aromatic N) is 2. The van der Waals surface area contributed by atoms with E-state index in [9.17, 15) is 9.59 Å². The quantitative estimate of drug-likeness (QED) is 0.249. The number of ketones is 1. The molecule has 0 aliphatic carbocycles. The van der Waals surface area contributed by atoms with Gasteiger partial charge in [0.2, 0.25) is 5.78 Å². The Balaban J connectivity index is 2.08. The van der Waals surface area contributed by atoms with Gasteiger partial charge in [-0.1, -0.05) is 0 Å². The van der Waals surface area contributed by atoms with Crippen molar-refractivity contribution in [1.29, 1.82) is 0 Å². The average molecular weight is 335 g/mol. The first kappa shape index (κ1) is 16.8. The van der Waals surface area contributed by atoms with Crippen molar-refractivity contribution in [2.45, 2.75) is 18.9 Å². The summed E-state index contributed by atoms with van der Waals surface area (Å²) in [6.45, 7) is 0.408. The fourth-order valence-corrected chi connectivity index (χ4v) is 2.98. The maximum Gasteiger partial charge on any atom is 0.335 e. The third kappa shape index (κ3) is 4.24. The van der Waals surface area contributed by atoms with Gasteiger partial charge >= 0.3 is 5.97 Å². The van der Waals surface area contributed by atoms with Gasteiger partial charge in [-0.2, -0.15) is 0 Å². The SMILES string of the molecule is NC(N)=NCCC[C@H](N)C(=O)c1nc2ccc(C(=O)O)cc2s1. The summed E-state index contributed by atoms with van der Waals surface area (Å²) in [6.07, 6.45) is 1.02. The van der Waals surface area contributed by atoms with E-state index >= 15 is 0 Å². The lowest BCUT2D eigenvalue weighted by Gasteiger charge is -2.07. The second-order valence-corrected chi connectivity index (χ2v) is 5.96. The lowest BCUT2D eigenvalue weighted by Crippen LogP contribution is -2.30. The first-order valence-corrected chi connectivity index (χ1v) is 7.69. The number of aromatic nitrogens is 1. The van der Waals surface area contributed by atoms with Gasteiger partial charge in [0, 0.05) is 6.54 Å². The number of thiazole rings is 1. The maximum atomic E-state index is 12.3. The number of carboxylic acid groups (broad SMARTS) is 1. The number of aliphatic imine (C=N–C) groups is 1. The third-order valence-electron chi connectivity index (χ3n) is 3.15. The van der Waals surface area contributed by atoms with Crippen LogP contribution in [0, 0.1) is 0 Å². The molecule has 0 unspecified atom stereocenters. The number of benzene rings is 1. The normalized spacial score (nSPS) is 12.0. The summed E-state index contributed by atoms with van der Waals surface area (Å²) >= 11 is 1.14. The van der Waals surface area contributed by atoms with Crippen LogP contribution in [-0.2, 0) is 0 Å². The molecule has 0 aliphatic heterocycles. The van der Waals surface area contributed by atoms with E-state index in [4.69, 9.17) is 22.3 Å². The van der Waals surface area contributed by atoms with Crippen molar-refractivity contribution in [1.82, 2.24) is 4.98 Å². The Hall–Kier alpha value is -2.52. The molecule has 0 saturated heterocycles. The molecule has 9 heteroatoms. The molecule has 23 heavy (non-hydrogen) atoms.